The molecule has 0 aliphatic heterocycles. The molecule has 0 radical (unpaired) electrons. The summed E-state index contributed by atoms with van der Waals surface area (Å²) in [6.45, 7) is 7.99. The number of likely N-dealkylation sites (N-methyl/N-ethyl adjacent to an activating group) is 2. The summed E-state index contributed by atoms with van der Waals surface area (Å²) in [5, 5.41) is 2.82. The number of nitrogens with two attached hydrogens (primary N) is 1. The highest BCUT2D eigenvalue weighted by atomic mass is 16.5. The second kappa shape index (κ2) is 10.2. The van der Waals surface area contributed by atoms with Gasteiger partial charge in [-0.1, -0.05) is 19.1 Å². The first-order valence-electron chi connectivity index (χ1n) is 7.60. The van der Waals surface area contributed by atoms with Gasteiger partial charge in [-0.3, -0.25) is 9.69 Å². The smallest absolute Gasteiger partial charge is 0.234 e. The van der Waals surface area contributed by atoms with E-state index in [9.17, 15) is 4.79 Å². The van der Waals surface area contributed by atoms with E-state index in [0.29, 0.717) is 26.2 Å². The molecule has 0 unspecified atom stereocenters. The van der Waals surface area contributed by atoms with Crippen LogP contribution in [-0.4, -0.2) is 43.6 Å². The summed E-state index contributed by atoms with van der Waals surface area (Å²) >= 11 is 0. The highest BCUT2D eigenvalue weighted by molar-refractivity contribution is 5.77. The van der Waals surface area contributed by atoms with Crippen molar-refractivity contribution in [3.63, 3.8) is 0 Å². The molecule has 0 spiro atoms. The van der Waals surface area contributed by atoms with Crippen molar-refractivity contribution < 1.29 is 9.53 Å². The average Bonchev–Trinajstić information content (AvgIpc) is 2.50. The second-order valence-electron chi connectivity index (χ2n) is 4.88. The Bertz CT molecular complexity index is 424. The maximum Gasteiger partial charge on any atom is 0.234 e. The molecule has 0 fully saturated rings. The molecule has 21 heavy (non-hydrogen) atoms. The molecule has 0 saturated heterocycles. The van der Waals surface area contributed by atoms with Crippen LogP contribution in [-0.2, 0) is 11.3 Å². The minimum absolute atomic E-state index is 0.0796. The minimum Gasteiger partial charge on any atom is -0.494 e. The number of nitrogens with one attached hydrogen (secondary N) is 1. The maximum atomic E-state index is 11.5. The number of hydrogen-bond donors (Lipinski definition) is 2. The maximum absolute atomic E-state index is 11.5. The lowest BCUT2D eigenvalue weighted by Gasteiger charge is -2.19. The molecule has 0 aliphatic carbocycles. The van der Waals surface area contributed by atoms with Gasteiger partial charge < -0.3 is 15.8 Å². The highest BCUT2D eigenvalue weighted by Gasteiger charge is 2.07. The number of nitrogens with zero attached hydrogens (tertiary/aromatic N) is 1. The Balaban J connectivity index is 2.26. The summed E-state index contributed by atoms with van der Waals surface area (Å²) in [5.74, 6) is 0.931. The van der Waals surface area contributed by atoms with Gasteiger partial charge in [0.1, 0.15) is 5.75 Å². The van der Waals surface area contributed by atoms with Gasteiger partial charge in [0.25, 0.3) is 0 Å². The molecule has 0 saturated carbocycles. The van der Waals surface area contributed by atoms with Gasteiger partial charge >= 0.3 is 0 Å². The normalized spacial score (nSPS) is 10.7. The zero-order valence-electron chi connectivity index (χ0n) is 13.1. The van der Waals surface area contributed by atoms with E-state index in [-0.39, 0.29) is 5.91 Å². The first-order valence-corrected chi connectivity index (χ1v) is 7.60. The molecular formula is C16H27N3O2. The summed E-state index contributed by atoms with van der Waals surface area (Å²) in [7, 11) is 0. The molecule has 5 heteroatoms. The standard InChI is InChI=1S/C16H27N3O2/c1-3-18-16(20)13-19(4-2)9-6-10-21-15-8-5-7-14(11-15)12-17/h5,7-8,11H,3-4,6,9-10,12-13,17H2,1-2H3,(H,18,20). The molecule has 0 bridgehead atoms. The lowest BCUT2D eigenvalue weighted by molar-refractivity contribution is -0.122. The van der Waals surface area contributed by atoms with Crippen LogP contribution in [0, 0.1) is 0 Å². The molecule has 0 atom stereocenters. The van der Waals surface area contributed by atoms with Crippen LogP contribution in [0.2, 0.25) is 0 Å². The molecule has 0 aliphatic rings. The van der Waals surface area contributed by atoms with E-state index in [1.54, 1.807) is 0 Å². The van der Waals surface area contributed by atoms with Gasteiger partial charge in [-0.2, -0.15) is 0 Å². The van der Waals surface area contributed by atoms with Crippen LogP contribution >= 0.6 is 0 Å². The summed E-state index contributed by atoms with van der Waals surface area (Å²) in [5.41, 5.74) is 6.67. The Labute approximate surface area is 127 Å². The van der Waals surface area contributed by atoms with Crippen molar-refractivity contribution in [2.24, 2.45) is 5.73 Å². The minimum atomic E-state index is 0.0796. The third kappa shape index (κ3) is 7.11. The fourth-order valence-corrected chi connectivity index (χ4v) is 2.05. The highest BCUT2D eigenvalue weighted by Crippen LogP contribution is 2.13. The van der Waals surface area contributed by atoms with Gasteiger partial charge in [-0.25, -0.2) is 0 Å². The lowest BCUT2D eigenvalue weighted by Crippen LogP contribution is -2.37. The van der Waals surface area contributed by atoms with Gasteiger partial charge in [0.05, 0.1) is 13.2 Å². The third-order valence-corrected chi connectivity index (χ3v) is 3.21. The summed E-state index contributed by atoms with van der Waals surface area (Å²) < 4.78 is 5.71. The Morgan fingerprint density at radius 3 is 2.86 bits per heavy atom. The fraction of sp³-hybridized carbons (Fsp3) is 0.562. The molecule has 1 aromatic carbocycles. The Kier molecular flexibility index (Phi) is 8.47. The third-order valence-electron chi connectivity index (χ3n) is 3.21. The van der Waals surface area contributed by atoms with Gasteiger partial charge in [0.15, 0.2) is 0 Å². The summed E-state index contributed by atoms with van der Waals surface area (Å²) in [6.07, 6.45) is 0.889. The van der Waals surface area contributed by atoms with Crippen LogP contribution in [0.5, 0.6) is 5.75 Å². The zero-order chi connectivity index (χ0) is 15.5. The molecule has 118 valence electrons. The molecule has 5 nitrogen and oxygen atoms in total. The van der Waals surface area contributed by atoms with Crippen LogP contribution in [0.3, 0.4) is 0 Å². The Morgan fingerprint density at radius 2 is 2.19 bits per heavy atom. The number of hydrogen-bond acceptors (Lipinski definition) is 4. The van der Waals surface area contributed by atoms with E-state index in [0.717, 1.165) is 30.8 Å². The predicted molar refractivity (Wildman–Crippen MR) is 85.2 cm³/mol. The Hall–Kier alpha value is -1.59. The number of carbonyl (C=O) groups is 1. The second-order valence-corrected chi connectivity index (χ2v) is 4.88. The van der Waals surface area contributed by atoms with Crippen LogP contribution < -0.4 is 15.8 Å². The molecule has 3 N–H and O–H groups in total. The number of amides is 1. The monoisotopic (exact) mass is 293 g/mol. The SMILES string of the molecule is CCNC(=O)CN(CC)CCCOc1cccc(CN)c1. The lowest BCUT2D eigenvalue weighted by atomic mass is 10.2. The van der Waals surface area contributed by atoms with Crippen LogP contribution in [0.15, 0.2) is 24.3 Å². The van der Waals surface area contributed by atoms with E-state index in [1.807, 2.05) is 31.2 Å². The van der Waals surface area contributed by atoms with Crippen molar-refractivity contribution in [3.8, 4) is 5.75 Å². The zero-order valence-corrected chi connectivity index (χ0v) is 13.1. The van der Waals surface area contributed by atoms with Gasteiger partial charge in [-0.05, 0) is 37.6 Å². The van der Waals surface area contributed by atoms with Crippen molar-refractivity contribution in [3.05, 3.63) is 29.8 Å². The van der Waals surface area contributed by atoms with Gasteiger partial charge in [-0.15, -0.1) is 0 Å². The topological polar surface area (TPSA) is 67.6 Å². The molecular weight excluding hydrogens is 266 g/mol. The average molecular weight is 293 g/mol. The first-order chi connectivity index (χ1) is 10.2. The number of rotatable bonds is 10. The van der Waals surface area contributed by atoms with E-state index >= 15 is 0 Å². The number of carbonyl (C=O) groups excluding carboxylic acids is 1. The molecule has 1 aromatic rings. The van der Waals surface area contributed by atoms with E-state index < -0.39 is 0 Å². The quantitative estimate of drug-likeness (QED) is 0.639. The summed E-state index contributed by atoms with van der Waals surface area (Å²) in [4.78, 5) is 13.7. The molecule has 0 aromatic heterocycles. The van der Waals surface area contributed by atoms with Crippen molar-refractivity contribution >= 4 is 5.91 Å². The predicted octanol–water partition coefficient (Wildman–Crippen LogP) is 1.37. The van der Waals surface area contributed by atoms with Gasteiger partial charge in [0, 0.05) is 19.6 Å². The number of benzene rings is 1. The Morgan fingerprint density at radius 1 is 1.38 bits per heavy atom. The molecule has 0 heterocycles. The van der Waals surface area contributed by atoms with E-state index in [4.69, 9.17) is 10.5 Å². The fourth-order valence-electron chi connectivity index (χ4n) is 2.05. The van der Waals surface area contributed by atoms with Gasteiger partial charge in [0.2, 0.25) is 5.91 Å². The van der Waals surface area contributed by atoms with Crippen LogP contribution in [0.25, 0.3) is 0 Å². The van der Waals surface area contributed by atoms with Crippen molar-refractivity contribution in [2.75, 3.05) is 32.8 Å². The van der Waals surface area contributed by atoms with E-state index in [1.165, 1.54) is 0 Å². The number of ether oxygens (including phenoxy) is 1. The van der Waals surface area contributed by atoms with Crippen LogP contribution in [0.4, 0.5) is 0 Å². The van der Waals surface area contributed by atoms with E-state index in [2.05, 4.69) is 17.1 Å². The largest absolute Gasteiger partial charge is 0.494 e. The van der Waals surface area contributed by atoms with Crippen molar-refractivity contribution in [1.82, 2.24) is 10.2 Å². The molecule has 1 amide bonds. The van der Waals surface area contributed by atoms with Crippen molar-refractivity contribution in [1.29, 1.82) is 0 Å². The first kappa shape index (κ1) is 17.5. The molecule has 1 rings (SSSR count). The van der Waals surface area contributed by atoms with Crippen LogP contribution in [0.1, 0.15) is 25.8 Å². The summed E-state index contributed by atoms with van der Waals surface area (Å²) in [6, 6.07) is 7.83. The van der Waals surface area contributed by atoms with Crippen molar-refractivity contribution in [2.45, 2.75) is 26.8 Å².